The number of hydrogen-bond acceptors (Lipinski definition) is 5. The number of rotatable bonds is 5. The second kappa shape index (κ2) is 6.54. The van der Waals surface area contributed by atoms with E-state index in [1.807, 2.05) is 0 Å². The van der Waals surface area contributed by atoms with Gasteiger partial charge in [0.05, 0.1) is 7.11 Å². The van der Waals surface area contributed by atoms with E-state index in [9.17, 15) is 0 Å². The van der Waals surface area contributed by atoms with Crippen LogP contribution in [0.1, 0.15) is 25.7 Å². The first-order valence-corrected chi connectivity index (χ1v) is 6.64. The topological polar surface area (TPSA) is 73.1 Å². The fraction of sp³-hybridized carbons (Fsp3) is 0.692. The molecule has 1 aromatic heterocycles. The molecule has 1 saturated carbocycles. The highest BCUT2D eigenvalue weighted by atomic mass is 16.5. The van der Waals surface area contributed by atoms with Gasteiger partial charge in [0, 0.05) is 18.8 Å². The van der Waals surface area contributed by atoms with Gasteiger partial charge in [-0.15, -0.1) is 0 Å². The van der Waals surface area contributed by atoms with E-state index in [4.69, 9.17) is 10.5 Å². The second-order valence-corrected chi connectivity index (χ2v) is 4.84. The van der Waals surface area contributed by atoms with Gasteiger partial charge in [0.1, 0.15) is 0 Å². The van der Waals surface area contributed by atoms with Crippen molar-refractivity contribution < 1.29 is 4.74 Å². The van der Waals surface area contributed by atoms with Gasteiger partial charge in [-0.05, 0) is 31.2 Å². The standard InChI is InChI=1S/C13H22N4O/c1-18-12-6-7-15-13(17-12)16-9-11-5-3-2-4-10(11)8-14/h6-7,10-11H,2-5,8-9,14H2,1H3,(H,15,16,17). The Morgan fingerprint density at radius 1 is 1.39 bits per heavy atom. The van der Waals surface area contributed by atoms with Crippen LogP contribution in [0.25, 0.3) is 0 Å². The number of methoxy groups -OCH3 is 1. The maximum Gasteiger partial charge on any atom is 0.225 e. The average molecular weight is 250 g/mol. The lowest BCUT2D eigenvalue weighted by Crippen LogP contribution is -2.31. The molecule has 18 heavy (non-hydrogen) atoms. The SMILES string of the molecule is COc1ccnc(NCC2CCCCC2CN)n1. The van der Waals surface area contributed by atoms with E-state index in [2.05, 4.69) is 15.3 Å². The predicted molar refractivity (Wildman–Crippen MR) is 71.6 cm³/mol. The summed E-state index contributed by atoms with van der Waals surface area (Å²) in [6.07, 6.45) is 6.83. The molecular weight excluding hydrogens is 228 g/mol. The molecule has 0 spiro atoms. The van der Waals surface area contributed by atoms with Crippen molar-refractivity contribution in [2.75, 3.05) is 25.5 Å². The van der Waals surface area contributed by atoms with E-state index >= 15 is 0 Å². The van der Waals surface area contributed by atoms with Crippen molar-refractivity contribution >= 4 is 5.95 Å². The Balaban J connectivity index is 1.89. The molecule has 0 amide bonds. The summed E-state index contributed by atoms with van der Waals surface area (Å²) < 4.78 is 5.08. The molecule has 5 nitrogen and oxygen atoms in total. The van der Waals surface area contributed by atoms with Crippen LogP contribution in [0.2, 0.25) is 0 Å². The minimum atomic E-state index is 0.589. The number of ether oxygens (including phenoxy) is 1. The van der Waals surface area contributed by atoms with Crippen LogP contribution in [0.4, 0.5) is 5.95 Å². The Hall–Kier alpha value is -1.36. The molecule has 3 N–H and O–H groups in total. The van der Waals surface area contributed by atoms with Gasteiger partial charge >= 0.3 is 0 Å². The van der Waals surface area contributed by atoms with Crippen LogP contribution in [0, 0.1) is 11.8 Å². The third-order valence-corrected chi connectivity index (χ3v) is 3.73. The number of anilines is 1. The summed E-state index contributed by atoms with van der Waals surface area (Å²) in [7, 11) is 1.61. The first-order valence-electron chi connectivity index (χ1n) is 6.64. The highest BCUT2D eigenvalue weighted by Crippen LogP contribution is 2.29. The number of nitrogens with two attached hydrogens (primary N) is 1. The number of aromatic nitrogens is 2. The quantitative estimate of drug-likeness (QED) is 0.831. The molecule has 0 bridgehead atoms. The van der Waals surface area contributed by atoms with E-state index in [1.54, 1.807) is 19.4 Å². The molecule has 0 aliphatic heterocycles. The molecule has 0 aromatic carbocycles. The minimum Gasteiger partial charge on any atom is -0.481 e. The van der Waals surface area contributed by atoms with Crippen molar-refractivity contribution in [3.05, 3.63) is 12.3 Å². The lowest BCUT2D eigenvalue weighted by molar-refractivity contribution is 0.255. The predicted octanol–water partition coefficient (Wildman–Crippen LogP) is 1.66. The molecule has 2 atom stereocenters. The largest absolute Gasteiger partial charge is 0.481 e. The van der Waals surface area contributed by atoms with Gasteiger partial charge in [0.25, 0.3) is 0 Å². The number of hydrogen-bond donors (Lipinski definition) is 2. The molecule has 1 aromatic rings. The Morgan fingerprint density at radius 3 is 2.89 bits per heavy atom. The Morgan fingerprint density at radius 2 is 2.17 bits per heavy atom. The smallest absolute Gasteiger partial charge is 0.225 e. The summed E-state index contributed by atoms with van der Waals surface area (Å²) in [6, 6.07) is 1.74. The summed E-state index contributed by atoms with van der Waals surface area (Å²) in [4.78, 5) is 8.44. The fourth-order valence-corrected chi connectivity index (χ4v) is 2.63. The van der Waals surface area contributed by atoms with Crippen LogP contribution >= 0.6 is 0 Å². The lowest BCUT2D eigenvalue weighted by Gasteiger charge is -2.30. The number of nitrogens with zero attached hydrogens (tertiary/aromatic N) is 2. The molecule has 100 valence electrons. The monoisotopic (exact) mass is 250 g/mol. The Labute approximate surface area is 108 Å². The van der Waals surface area contributed by atoms with Crippen LogP contribution in [0.15, 0.2) is 12.3 Å². The summed E-state index contributed by atoms with van der Waals surface area (Å²) in [5.74, 6) is 2.50. The minimum absolute atomic E-state index is 0.589. The molecule has 2 unspecified atom stereocenters. The van der Waals surface area contributed by atoms with Gasteiger partial charge in [0.15, 0.2) is 0 Å². The zero-order valence-electron chi connectivity index (χ0n) is 10.9. The third-order valence-electron chi connectivity index (χ3n) is 3.73. The Bertz CT molecular complexity index is 372. The highest BCUT2D eigenvalue weighted by molar-refractivity contribution is 5.27. The average Bonchev–Trinajstić information content (AvgIpc) is 2.45. The van der Waals surface area contributed by atoms with Gasteiger partial charge in [-0.3, -0.25) is 0 Å². The molecule has 1 aliphatic rings. The van der Waals surface area contributed by atoms with Crippen molar-refractivity contribution in [1.82, 2.24) is 9.97 Å². The van der Waals surface area contributed by atoms with Gasteiger partial charge in [-0.2, -0.15) is 4.98 Å². The number of nitrogens with one attached hydrogen (secondary N) is 1. The zero-order chi connectivity index (χ0) is 12.8. The van der Waals surface area contributed by atoms with E-state index < -0.39 is 0 Å². The molecule has 1 heterocycles. The fourth-order valence-electron chi connectivity index (χ4n) is 2.63. The molecule has 2 rings (SSSR count). The maximum atomic E-state index is 5.83. The van der Waals surface area contributed by atoms with Gasteiger partial charge < -0.3 is 15.8 Å². The third kappa shape index (κ3) is 3.32. The maximum absolute atomic E-state index is 5.83. The van der Waals surface area contributed by atoms with Crippen molar-refractivity contribution in [1.29, 1.82) is 0 Å². The van der Waals surface area contributed by atoms with Crippen LogP contribution in [0.3, 0.4) is 0 Å². The van der Waals surface area contributed by atoms with Gasteiger partial charge in [0.2, 0.25) is 11.8 Å². The summed E-state index contributed by atoms with van der Waals surface area (Å²) in [5.41, 5.74) is 5.83. The van der Waals surface area contributed by atoms with E-state index in [-0.39, 0.29) is 0 Å². The van der Waals surface area contributed by atoms with Gasteiger partial charge in [-0.25, -0.2) is 4.98 Å². The molecular formula is C13H22N4O. The van der Waals surface area contributed by atoms with E-state index in [0.29, 0.717) is 23.7 Å². The van der Waals surface area contributed by atoms with Crippen molar-refractivity contribution in [2.24, 2.45) is 17.6 Å². The second-order valence-electron chi connectivity index (χ2n) is 4.84. The summed E-state index contributed by atoms with van der Waals surface area (Å²) in [6.45, 7) is 1.68. The van der Waals surface area contributed by atoms with E-state index in [0.717, 1.165) is 13.1 Å². The molecule has 1 aliphatic carbocycles. The Kier molecular flexibility index (Phi) is 4.75. The van der Waals surface area contributed by atoms with Crippen LogP contribution in [-0.2, 0) is 0 Å². The molecule has 1 fully saturated rings. The van der Waals surface area contributed by atoms with E-state index in [1.165, 1.54) is 25.7 Å². The lowest BCUT2D eigenvalue weighted by atomic mass is 9.79. The first-order chi connectivity index (χ1) is 8.83. The van der Waals surface area contributed by atoms with Crippen molar-refractivity contribution in [3.63, 3.8) is 0 Å². The zero-order valence-corrected chi connectivity index (χ0v) is 10.9. The summed E-state index contributed by atoms with van der Waals surface area (Å²) >= 11 is 0. The molecule has 0 radical (unpaired) electrons. The van der Waals surface area contributed by atoms with Crippen LogP contribution in [-0.4, -0.2) is 30.2 Å². The van der Waals surface area contributed by atoms with Crippen LogP contribution < -0.4 is 15.8 Å². The molecule has 5 heteroatoms. The van der Waals surface area contributed by atoms with Crippen molar-refractivity contribution in [2.45, 2.75) is 25.7 Å². The normalized spacial score (nSPS) is 23.7. The van der Waals surface area contributed by atoms with Crippen LogP contribution in [0.5, 0.6) is 5.88 Å². The first kappa shape index (κ1) is 13.1. The van der Waals surface area contributed by atoms with Crippen molar-refractivity contribution in [3.8, 4) is 5.88 Å². The summed E-state index contributed by atoms with van der Waals surface area (Å²) in [5, 5.41) is 3.30. The van der Waals surface area contributed by atoms with Gasteiger partial charge in [-0.1, -0.05) is 12.8 Å². The molecule has 0 saturated heterocycles. The highest BCUT2D eigenvalue weighted by Gasteiger charge is 2.23.